The van der Waals surface area contributed by atoms with Gasteiger partial charge in [-0.15, -0.1) is 0 Å². The summed E-state index contributed by atoms with van der Waals surface area (Å²) in [5.41, 5.74) is 2.62. The molecule has 3 heterocycles. The van der Waals surface area contributed by atoms with E-state index >= 15 is 0 Å². The molecule has 0 spiro atoms. The van der Waals surface area contributed by atoms with Crippen LogP contribution in [-0.4, -0.2) is 50.9 Å². The van der Waals surface area contributed by atoms with E-state index in [1.807, 2.05) is 61.2 Å². The number of ether oxygens (including phenoxy) is 2. The molecule has 9 nitrogen and oxygen atoms in total. The monoisotopic (exact) mass is 647 g/mol. The van der Waals surface area contributed by atoms with Gasteiger partial charge in [-0.05, 0) is 71.2 Å². The second-order valence-corrected chi connectivity index (χ2v) is 12.3. The minimum Gasteiger partial charge on any atom is -0.474 e. The van der Waals surface area contributed by atoms with E-state index in [1.54, 1.807) is 29.9 Å². The Labute approximate surface area is 257 Å². The summed E-state index contributed by atoms with van der Waals surface area (Å²) in [6, 6.07) is 20.9. The molecule has 2 aromatic heterocycles. The molecule has 2 fully saturated rings. The molecule has 1 aliphatic carbocycles. The zero-order valence-corrected chi connectivity index (χ0v) is 25.5. The SMILES string of the molecule is Cn1nc(Br)cc1C(=O)N1C[C@@H]2C(Oc3cc(C(C)(C)NC(=O)OCc4ccccc4)cc(-c4ccc(F)cc4)n3)[C@@H]2C1. The van der Waals surface area contributed by atoms with Gasteiger partial charge in [0, 0.05) is 49.7 Å². The first-order valence-electron chi connectivity index (χ1n) is 14.0. The lowest BCUT2D eigenvalue weighted by atomic mass is 9.93. The smallest absolute Gasteiger partial charge is 0.408 e. The van der Waals surface area contributed by atoms with Crippen molar-refractivity contribution < 1.29 is 23.5 Å². The molecule has 3 atom stereocenters. The Hall–Kier alpha value is -4.25. The van der Waals surface area contributed by atoms with Crippen molar-refractivity contribution in [3.05, 3.63) is 100 Å². The summed E-state index contributed by atoms with van der Waals surface area (Å²) in [7, 11) is 1.75. The number of hydrogen-bond donors (Lipinski definition) is 1. The molecule has 1 aliphatic heterocycles. The summed E-state index contributed by atoms with van der Waals surface area (Å²) in [6.45, 7) is 5.06. The maximum Gasteiger partial charge on any atom is 0.408 e. The predicted octanol–water partition coefficient (Wildman–Crippen LogP) is 5.69. The molecule has 222 valence electrons. The maximum absolute atomic E-state index is 13.7. The van der Waals surface area contributed by atoms with Crippen molar-refractivity contribution in [1.29, 1.82) is 0 Å². The number of likely N-dealkylation sites (tertiary alicyclic amines) is 1. The molecule has 43 heavy (non-hydrogen) atoms. The van der Waals surface area contributed by atoms with Crippen LogP contribution in [0.4, 0.5) is 9.18 Å². The number of fused-ring (bicyclic) bond motifs is 1. The van der Waals surface area contributed by atoms with Crippen LogP contribution in [0.15, 0.2) is 77.4 Å². The van der Waals surface area contributed by atoms with E-state index in [0.29, 0.717) is 40.5 Å². The van der Waals surface area contributed by atoms with Crippen LogP contribution in [0.1, 0.15) is 35.5 Å². The lowest BCUT2D eigenvalue weighted by molar-refractivity contribution is 0.0740. The van der Waals surface area contributed by atoms with Crippen LogP contribution in [0.25, 0.3) is 11.3 Å². The van der Waals surface area contributed by atoms with Gasteiger partial charge in [0.1, 0.15) is 28.8 Å². The fourth-order valence-electron chi connectivity index (χ4n) is 5.53. The first kappa shape index (κ1) is 28.9. The summed E-state index contributed by atoms with van der Waals surface area (Å²) in [4.78, 5) is 32.4. The van der Waals surface area contributed by atoms with Crippen molar-refractivity contribution in [2.24, 2.45) is 18.9 Å². The molecular weight excluding hydrogens is 617 g/mol. The largest absolute Gasteiger partial charge is 0.474 e. The standard InChI is InChI=1S/C32H31BrFN5O4/c1-32(2,36-31(41)42-18-19-7-5-4-6-8-19)21-13-25(20-9-11-22(34)12-10-20)35-28(14-21)43-29-23-16-39(17-24(23)29)30(40)26-15-27(33)37-38(26)3/h4-15,23-24,29H,16-18H2,1-3H3,(H,36,41)/t23-,24+,29?. The van der Waals surface area contributed by atoms with Crippen molar-refractivity contribution in [2.75, 3.05) is 13.1 Å². The van der Waals surface area contributed by atoms with E-state index < -0.39 is 11.6 Å². The average Bonchev–Trinajstić information content (AvgIpc) is 3.27. The van der Waals surface area contributed by atoms with Crippen LogP contribution < -0.4 is 10.1 Å². The van der Waals surface area contributed by atoms with E-state index in [4.69, 9.17) is 14.5 Å². The van der Waals surface area contributed by atoms with E-state index in [0.717, 1.165) is 11.1 Å². The lowest BCUT2D eigenvalue weighted by Gasteiger charge is -2.27. The molecule has 4 aromatic rings. The number of halogens is 2. The molecule has 11 heteroatoms. The van der Waals surface area contributed by atoms with Gasteiger partial charge >= 0.3 is 6.09 Å². The van der Waals surface area contributed by atoms with Gasteiger partial charge in [0.25, 0.3) is 5.91 Å². The number of amides is 2. The Morgan fingerprint density at radius 1 is 1.05 bits per heavy atom. The average molecular weight is 649 g/mol. The Kier molecular flexibility index (Phi) is 7.68. The van der Waals surface area contributed by atoms with Crippen LogP contribution in [0.2, 0.25) is 0 Å². The Morgan fingerprint density at radius 2 is 1.74 bits per heavy atom. The molecule has 1 saturated carbocycles. The molecule has 6 rings (SSSR count). The van der Waals surface area contributed by atoms with Gasteiger partial charge in [-0.2, -0.15) is 5.10 Å². The lowest BCUT2D eigenvalue weighted by Crippen LogP contribution is -2.41. The Bertz CT molecular complexity index is 1650. The fraction of sp³-hybridized carbons (Fsp3) is 0.312. The Balaban J connectivity index is 1.17. The summed E-state index contributed by atoms with van der Waals surface area (Å²) in [6.07, 6.45) is -0.642. The molecule has 1 saturated heterocycles. The molecule has 0 radical (unpaired) electrons. The van der Waals surface area contributed by atoms with E-state index in [9.17, 15) is 14.0 Å². The second-order valence-electron chi connectivity index (χ2n) is 11.5. The van der Waals surface area contributed by atoms with Gasteiger partial charge in [0.15, 0.2) is 0 Å². The minimum absolute atomic E-state index is 0.0580. The highest BCUT2D eigenvalue weighted by atomic mass is 79.9. The predicted molar refractivity (Wildman–Crippen MR) is 161 cm³/mol. The molecule has 1 N–H and O–H groups in total. The molecule has 0 bridgehead atoms. The third-order valence-corrected chi connectivity index (χ3v) is 8.41. The zero-order valence-electron chi connectivity index (χ0n) is 24.0. The Morgan fingerprint density at radius 3 is 2.40 bits per heavy atom. The van der Waals surface area contributed by atoms with E-state index in [1.165, 1.54) is 12.1 Å². The van der Waals surface area contributed by atoms with Gasteiger partial charge in [0.05, 0.1) is 11.2 Å². The summed E-state index contributed by atoms with van der Waals surface area (Å²) in [5, 5.41) is 7.16. The number of aromatic nitrogens is 3. The highest BCUT2D eigenvalue weighted by Crippen LogP contribution is 2.48. The third-order valence-electron chi connectivity index (χ3n) is 8.02. The van der Waals surface area contributed by atoms with Crippen LogP contribution in [0, 0.1) is 17.7 Å². The van der Waals surface area contributed by atoms with Gasteiger partial charge in [0.2, 0.25) is 5.88 Å². The third kappa shape index (κ3) is 6.27. The zero-order chi connectivity index (χ0) is 30.3. The number of nitrogens with zero attached hydrogens (tertiary/aromatic N) is 4. The first-order valence-corrected chi connectivity index (χ1v) is 14.8. The molecule has 1 unspecified atom stereocenters. The highest BCUT2D eigenvalue weighted by Gasteiger charge is 2.59. The van der Waals surface area contributed by atoms with Crippen molar-refractivity contribution in [3.63, 3.8) is 0 Å². The van der Waals surface area contributed by atoms with Crippen LogP contribution in [-0.2, 0) is 23.9 Å². The summed E-state index contributed by atoms with van der Waals surface area (Å²) in [5.74, 6) is 0.386. The first-order chi connectivity index (χ1) is 20.6. The number of aryl methyl sites for hydroxylation is 1. The van der Waals surface area contributed by atoms with Gasteiger partial charge in [-0.3, -0.25) is 9.48 Å². The number of carbonyl (C=O) groups excluding carboxylic acids is 2. The van der Waals surface area contributed by atoms with Crippen LogP contribution in [0.5, 0.6) is 5.88 Å². The number of pyridine rings is 1. The molecule has 2 aromatic carbocycles. The number of alkyl carbamates (subject to hydrolysis) is 1. The molecular formula is C32H31BrFN5O4. The van der Waals surface area contributed by atoms with Crippen molar-refractivity contribution in [2.45, 2.75) is 32.1 Å². The second kappa shape index (κ2) is 11.4. The van der Waals surface area contributed by atoms with Gasteiger partial charge in [-0.1, -0.05) is 30.3 Å². The van der Waals surface area contributed by atoms with Crippen LogP contribution >= 0.6 is 15.9 Å². The van der Waals surface area contributed by atoms with Crippen LogP contribution in [0.3, 0.4) is 0 Å². The highest BCUT2D eigenvalue weighted by molar-refractivity contribution is 9.10. The molecule has 2 amide bonds. The number of benzene rings is 2. The molecule has 2 aliphatic rings. The topological polar surface area (TPSA) is 98.6 Å². The van der Waals surface area contributed by atoms with E-state index in [-0.39, 0.29) is 36.3 Å². The van der Waals surface area contributed by atoms with E-state index in [2.05, 4.69) is 26.3 Å². The quantitative estimate of drug-likeness (QED) is 0.264. The number of hydrogen-bond acceptors (Lipinski definition) is 6. The summed E-state index contributed by atoms with van der Waals surface area (Å²) < 4.78 is 27.7. The van der Waals surface area contributed by atoms with Gasteiger partial charge in [-0.25, -0.2) is 14.2 Å². The number of nitrogens with one attached hydrogen (secondary N) is 1. The fourth-order valence-corrected chi connectivity index (χ4v) is 5.98. The van der Waals surface area contributed by atoms with Crippen molar-refractivity contribution in [3.8, 4) is 17.1 Å². The van der Waals surface area contributed by atoms with Crippen molar-refractivity contribution in [1.82, 2.24) is 25.0 Å². The number of rotatable bonds is 8. The van der Waals surface area contributed by atoms with Gasteiger partial charge < -0.3 is 19.7 Å². The number of piperidine rings is 1. The number of carbonyl (C=O) groups is 2. The normalized spacial score (nSPS) is 19.1. The minimum atomic E-state index is -0.844. The maximum atomic E-state index is 13.7. The summed E-state index contributed by atoms with van der Waals surface area (Å²) >= 11 is 3.32. The van der Waals surface area contributed by atoms with Crippen molar-refractivity contribution >= 4 is 27.9 Å².